The Labute approximate surface area is 132 Å². The third-order valence-electron chi connectivity index (χ3n) is 3.64. The van der Waals surface area contributed by atoms with Crippen molar-refractivity contribution >= 4 is 18.3 Å². The number of rotatable bonds is 5. The Morgan fingerprint density at radius 2 is 1.90 bits per heavy atom. The predicted octanol–water partition coefficient (Wildman–Crippen LogP) is 0.971. The lowest BCUT2D eigenvalue weighted by Crippen LogP contribution is -2.41. The Morgan fingerprint density at radius 3 is 2.48 bits per heavy atom. The lowest BCUT2D eigenvalue weighted by molar-refractivity contribution is 0.0338. The van der Waals surface area contributed by atoms with Gasteiger partial charge in [-0.1, -0.05) is 12.1 Å². The number of morpholine rings is 1. The van der Waals surface area contributed by atoms with Crippen molar-refractivity contribution in [2.75, 3.05) is 46.4 Å². The highest BCUT2D eigenvalue weighted by Crippen LogP contribution is 2.07. The number of ether oxygens (including phenoxy) is 1. The topological polar surface area (TPSA) is 58.8 Å². The lowest BCUT2D eigenvalue weighted by Gasteiger charge is -2.28. The fourth-order valence-corrected chi connectivity index (χ4v) is 2.22. The molecule has 1 saturated heterocycles. The molecule has 0 aliphatic carbocycles. The first-order valence-electron chi connectivity index (χ1n) is 7.05. The van der Waals surface area contributed by atoms with Crippen molar-refractivity contribution in [3.8, 4) is 0 Å². The van der Waals surface area contributed by atoms with Crippen LogP contribution < -0.4 is 5.73 Å². The zero-order valence-electron chi connectivity index (χ0n) is 12.5. The minimum atomic E-state index is 0. The van der Waals surface area contributed by atoms with Gasteiger partial charge in [0.25, 0.3) is 5.91 Å². The van der Waals surface area contributed by atoms with E-state index in [1.165, 1.54) is 0 Å². The normalized spacial score (nSPS) is 15.3. The van der Waals surface area contributed by atoms with Crippen LogP contribution >= 0.6 is 12.4 Å². The summed E-state index contributed by atoms with van der Waals surface area (Å²) in [6, 6.07) is 7.50. The molecule has 0 spiro atoms. The smallest absolute Gasteiger partial charge is 0.253 e. The fourth-order valence-electron chi connectivity index (χ4n) is 2.22. The van der Waals surface area contributed by atoms with Crippen molar-refractivity contribution in [2.45, 2.75) is 6.54 Å². The molecular formula is C15H24ClN3O2. The van der Waals surface area contributed by atoms with Gasteiger partial charge in [0.05, 0.1) is 13.2 Å². The molecule has 0 unspecified atom stereocenters. The molecule has 1 amide bonds. The molecule has 1 heterocycles. The molecule has 0 radical (unpaired) electrons. The maximum Gasteiger partial charge on any atom is 0.253 e. The van der Waals surface area contributed by atoms with E-state index in [-0.39, 0.29) is 18.3 Å². The van der Waals surface area contributed by atoms with Crippen LogP contribution in [0.15, 0.2) is 24.3 Å². The molecule has 1 aliphatic heterocycles. The van der Waals surface area contributed by atoms with Crippen molar-refractivity contribution in [2.24, 2.45) is 5.73 Å². The summed E-state index contributed by atoms with van der Waals surface area (Å²) in [4.78, 5) is 16.4. The highest BCUT2D eigenvalue weighted by Gasteiger charge is 2.14. The standard InChI is InChI=1S/C15H23N3O2.ClH/c1-17(6-7-18-8-10-20-11-9-18)15(19)14-4-2-13(12-16)3-5-14;/h2-5H,6-12,16H2,1H3;1H. The van der Waals surface area contributed by atoms with Crippen LogP contribution in [0.2, 0.25) is 0 Å². The van der Waals surface area contributed by atoms with Gasteiger partial charge in [0.1, 0.15) is 0 Å². The number of amides is 1. The van der Waals surface area contributed by atoms with E-state index in [4.69, 9.17) is 10.5 Å². The van der Waals surface area contributed by atoms with Gasteiger partial charge in [0, 0.05) is 45.3 Å². The number of nitrogens with two attached hydrogens (primary N) is 1. The average molecular weight is 314 g/mol. The fraction of sp³-hybridized carbons (Fsp3) is 0.533. The van der Waals surface area contributed by atoms with Crippen LogP contribution in [0.1, 0.15) is 15.9 Å². The first kappa shape index (κ1) is 17.9. The van der Waals surface area contributed by atoms with E-state index < -0.39 is 0 Å². The zero-order valence-corrected chi connectivity index (χ0v) is 13.3. The number of carbonyl (C=O) groups is 1. The van der Waals surface area contributed by atoms with Crippen LogP contribution in [0, 0.1) is 0 Å². The predicted molar refractivity (Wildman–Crippen MR) is 85.8 cm³/mol. The van der Waals surface area contributed by atoms with Crippen molar-refractivity contribution in [1.29, 1.82) is 0 Å². The molecule has 118 valence electrons. The third-order valence-corrected chi connectivity index (χ3v) is 3.64. The Morgan fingerprint density at radius 1 is 1.29 bits per heavy atom. The number of hydrogen-bond acceptors (Lipinski definition) is 4. The Bertz CT molecular complexity index is 433. The second-order valence-corrected chi connectivity index (χ2v) is 5.08. The van der Waals surface area contributed by atoms with E-state index in [2.05, 4.69) is 4.90 Å². The van der Waals surface area contributed by atoms with E-state index in [0.29, 0.717) is 12.1 Å². The maximum atomic E-state index is 12.3. The molecule has 1 aromatic rings. The SMILES string of the molecule is CN(CCN1CCOCC1)C(=O)c1ccc(CN)cc1.Cl. The largest absolute Gasteiger partial charge is 0.379 e. The molecule has 6 heteroatoms. The number of likely N-dealkylation sites (N-methyl/N-ethyl adjacent to an activating group) is 1. The van der Waals surface area contributed by atoms with Gasteiger partial charge in [-0.2, -0.15) is 0 Å². The van der Waals surface area contributed by atoms with Gasteiger partial charge in [0.2, 0.25) is 0 Å². The third kappa shape index (κ3) is 5.28. The molecule has 0 bridgehead atoms. The minimum absolute atomic E-state index is 0. The van der Waals surface area contributed by atoms with Crippen LogP contribution in [0.5, 0.6) is 0 Å². The molecule has 5 nitrogen and oxygen atoms in total. The van der Waals surface area contributed by atoms with E-state index in [0.717, 1.165) is 45.0 Å². The second-order valence-electron chi connectivity index (χ2n) is 5.08. The van der Waals surface area contributed by atoms with Crippen LogP contribution in [0.4, 0.5) is 0 Å². The highest BCUT2D eigenvalue weighted by atomic mass is 35.5. The van der Waals surface area contributed by atoms with Crippen molar-refractivity contribution in [3.05, 3.63) is 35.4 Å². The number of benzene rings is 1. The van der Waals surface area contributed by atoms with Gasteiger partial charge in [-0.25, -0.2) is 0 Å². The van der Waals surface area contributed by atoms with Crippen LogP contribution in [-0.4, -0.2) is 62.1 Å². The minimum Gasteiger partial charge on any atom is -0.379 e. The van der Waals surface area contributed by atoms with Gasteiger partial charge < -0.3 is 15.4 Å². The monoisotopic (exact) mass is 313 g/mol. The van der Waals surface area contributed by atoms with Crippen LogP contribution in [0.3, 0.4) is 0 Å². The van der Waals surface area contributed by atoms with Gasteiger partial charge in [-0.15, -0.1) is 12.4 Å². The first-order chi connectivity index (χ1) is 9.70. The summed E-state index contributed by atoms with van der Waals surface area (Å²) < 4.78 is 5.31. The second kappa shape index (κ2) is 9.00. The summed E-state index contributed by atoms with van der Waals surface area (Å²) in [6.45, 7) is 5.61. The Balaban J connectivity index is 0.00000220. The molecule has 0 aromatic heterocycles. The molecule has 2 rings (SSSR count). The van der Waals surface area contributed by atoms with Crippen molar-refractivity contribution in [1.82, 2.24) is 9.80 Å². The molecule has 2 N–H and O–H groups in total. The molecule has 1 aromatic carbocycles. The number of nitrogens with zero attached hydrogens (tertiary/aromatic N) is 2. The quantitative estimate of drug-likeness (QED) is 0.880. The van der Waals surface area contributed by atoms with E-state index >= 15 is 0 Å². The van der Waals surface area contributed by atoms with Gasteiger partial charge in [-0.3, -0.25) is 9.69 Å². The van der Waals surface area contributed by atoms with E-state index in [1.54, 1.807) is 4.90 Å². The molecule has 0 atom stereocenters. The average Bonchev–Trinajstić information content (AvgIpc) is 2.53. The van der Waals surface area contributed by atoms with Gasteiger partial charge in [-0.05, 0) is 17.7 Å². The summed E-state index contributed by atoms with van der Waals surface area (Å²) in [6.07, 6.45) is 0. The van der Waals surface area contributed by atoms with Crippen molar-refractivity contribution < 1.29 is 9.53 Å². The molecule has 0 saturated carbocycles. The molecule has 1 aliphatic rings. The number of hydrogen-bond donors (Lipinski definition) is 1. The summed E-state index contributed by atoms with van der Waals surface area (Å²) in [7, 11) is 1.85. The van der Waals surface area contributed by atoms with Crippen LogP contribution in [-0.2, 0) is 11.3 Å². The lowest BCUT2D eigenvalue weighted by atomic mass is 10.1. The summed E-state index contributed by atoms with van der Waals surface area (Å²) >= 11 is 0. The first-order valence-corrected chi connectivity index (χ1v) is 7.05. The maximum absolute atomic E-state index is 12.3. The highest BCUT2D eigenvalue weighted by molar-refractivity contribution is 5.94. The molecule has 1 fully saturated rings. The molecule has 21 heavy (non-hydrogen) atoms. The van der Waals surface area contributed by atoms with E-state index in [9.17, 15) is 4.79 Å². The molecular weight excluding hydrogens is 290 g/mol. The van der Waals surface area contributed by atoms with Crippen molar-refractivity contribution in [3.63, 3.8) is 0 Å². The van der Waals surface area contributed by atoms with Gasteiger partial charge >= 0.3 is 0 Å². The number of halogens is 1. The Kier molecular flexibility index (Phi) is 7.67. The summed E-state index contributed by atoms with van der Waals surface area (Å²) in [5, 5.41) is 0. The van der Waals surface area contributed by atoms with Crippen LogP contribution in [0.25, 0.3) is 0 Å². The van der Waals surface area contributed by atoms with E-state index in [1.807, 2.05) is 31.3 Å². The summed E-state index contributed by atoms with van der Waals surface area (Å²) in [5.41, 5.74) is 7.31. The number of carbonyl (C=O) groups excluding carboxylic acids is 1. The Hall–Kier alpha value is -1.14. The van der Waals surface area contributed by atoms with Gasteiger partial charge in [0.15, 0.2) is 0 Å². The summed E-state index contributed by atoms with van der Waals surface area (Å²) in [5.74, 6) is 0.0573. The zero-order chi connectivity index (χ0) is 14.4.